The highest BCUT2D eigenvalue weighted by Gasteiger charge is 2.37. The van der Waals surface area contributed by atoms with Gasteiger partial charge in [-0.25, -0.2) is 0 Å². The molecule has 0 saturated carbocycles. The maximum absolute atomic E-state index is 13.6. The molecule has 3 rings (SSSR count). The number of esters is 1. The standard InChI is InChI=1S/C31H36N4O5/c1-31(2,3)30(39)40-26(20-32)24(19-23-16-17-33-28(23)37)35-29(38)25(18-22-12-8-5-9-13-22)34-27(36)15-14-21-10-6-4-7-11-21/h4-15,23-26H,16-19H2,1-3H3,(H,33,37)(H,34,36)(H,35,38)/b15-14+/t23-,24-,25-,26+/m0/s1. The Kier molecular flexibility index (Phi) is 10.6. The molecule has 1 aliphatic heterocycles. The van der Waals surface area contributed by atoms with Gasteiger partial charge in [0, 0.05) is 25.0 Å². The number of carbonyl (C=O) groups is 4. The average molecular weight is 545 g/mol. The topological polar surface area (TPSA) is 137 Å². The van der Waals surface area contributed by atoms with Gasteiger partial charge in [0.25, 0.3) is 0 Å². The zero-order chi connectivity index (χ0) is 29.1. The smallest absolute Gasteiger partial charge is 0.312 e. The van der Waals surface area contributed by atoms with Crippen LogP contribution < -0.4 is 16.0 Å². The van der Waals surface area contributed by atoms with Crippen molar-refractivity contribution in [2.45, 2.75) is 58.2 Å². The van der Waals surface area contributed by atoms with Crippen LogP contribution in [0, 0.1) is 22.7 Å². The summed E-state index contributed by atoms with van der Waals surface area (Å²) in [7, 11) is 0. The molecule has 0 aliphatic carbocycles. The van der Waals surface area contributed by atoms with E-state index >= 15 is 0 Å². The first kappa shape index (κ1) is 30.1. The van der Waals surface area contributed by atoms with Crippen molar-refractivity contribution in [2.75, 3.05) is 6.54 Å². The fourth-order valence-corrected chi connectivity index (χ4v) is 4.22. The van der Waals surface area contributed by atoms with Gasteiger partial charge in [0.1, 0.15) is 12.1 Å². The number of ether oxygens (including phenoxy) is 1. The van der Waals surface area contributed by atoms with Crippen LogP contribution in [0.25, 0.3) is 6.08 Å². The highest BCUT2D eigenvalue weighted by Crippen LogP contribution is 2.22. The Hall–Kier alpha value is -4.45. The molecule has 1 aliphatic rings. The summed E-state index contributed by atoms with van der Waals surface area (Å²) in [5.41, 5.74) is 0.774. The summed E-state index contributed by atoms with van der Waals surface area (Å²) in [4.78, 5) is 51.4. The zero-order valence-corrected chi connectivity index (χ0v) is 23.1. The Labute approximate surface area is 235 Å². The largest absolute Gasteiger partial charge is 0.444 e. The molecule has 0 bridgehead atoms. The number of rotatable bonds is 11. The third-order valence-electron chi connectivity index (χ3n) is 6.51. The van der Waals surface area contributed by atoms with E-state index in [0.29, 0.717) is 13.0 Å². The Bertz CT molecular complexity index is 1250. The van der Waals surface area contributed by atoms with Crippen molar-refractivity contribution < 1.29 is 23.9 Å². The molecular formula is C31H36N4O5. The second-order valence-electron chi connectivity index (χ2n) is 10.8. The zero-order valence-electron chi connectivity index (χ0n) is 23.1. The molecule has 1 heterocycles. The predicted octanol–water partition coefficient (Wildman–Crippen LogP) is 2.92. The second kappa shape index (κ2) is 14.1. The Morgan fingerprint density at radius 3 is 2.30 bits per heavy atom. The average Bonchev–Trinajstić information content (AvgIpc) is 3.34. The molecule has 4 atom stereocenters. The summed E-state index contributed by atoms with van der Waals surface area (Å²) < 4.78 is 5.49. The number of benzene rings is 2. The van der Waals surface area contributed by atoms with Crippen LogP contribution in [0.2, 0.25) is 0 Å². The molecule has 2 aromatic rings. The van der Waals surface area contributed by atoms with Crippen LogP contribution in [-0.4, -0.2) is 48.4 Å². The predicted molar refractivity (Wildman–Crippen MR) is 150 cm³/mol. The molecule has 40 heavy (non-hydrogen) atoms. The molecule has 1 fully saturated rings. The van der Waals surface area contributed by atoms with E-state index in [9.17, 15) is 24.4 Å². The summed E-state index contributed by atoms with van der Waals surface area (Å²) in [6.07, 6.45) is 2.50. The molecule has 0 spiro atoms. The van der Waals surface area contributed by atoms with Gasteiger partial charge < -0.3 is 20.7 Å². The molecule has 0 aromatic heterocycles. The normalized spacial score (nSPS) is 17.2. The minimum atomic E-state index is -1.32. The van der Waals surface area contributed by atoms with E-state index in [2.05, 4.69) is 16.0 Å². The first-order chi connectivity index (χ1) is 19.1. The van der Waals surface area contributed by atoms with Gasteiger partial charge in [-0.15, -0.1) is 0 Å². The van der Waals surface area contributed by atoms with Crippen molar-refractivity contribution >= 4 is 29.8 Å². The number of nitrogens with one attached hydrogen (secondary N) is 3. The SMILES string of the molecule is CC(C)(C)C(=O)O[C@H](C#N)[C@H](C[C@@H]1CCNC1=O)NC(=O)[C@H](Cc1ccccc1)NC(=O)/C=C/c1ccccc1. The van der Waals surface area contributed by atoms with Crippen molar-refractivity contribution in [3.8, 4) is 6.07 Å². The quantitative estimate of drug-likeness (QED) is 0.294. The van der Waals surface area contributed by atoms with Crippen molar-refractivity contribution in [1.29, 1.82) is 5.26 Å². The van der Waals surface area contributed by atoms with E-state index in [1.165, 1.54) is 6.08 Å². The van der Waals surface area contributed by atoms with Crippen LogP contribution in [0.4, 0.5) is 0 Å². The molecule has 3 N–H and O–H groups in total. The van der Waals surface area contributed by atoms with Crippen molar-refractivity contribution in [3.05, 3.63) is 77.9 Å². The molecule has 0 unspecified atom stereocenters. The minimum absolute atomic E-state index is 0.104. The molecule has 0 radical (unpaired) electrons. The number of hydrogen-bond donors (Lipinski definition) is 3. The van der Waals surface area contributed by atoms with Gasteiger partial charge in [-0.1, -0.05) is 60.7 Å². The summed E-state index contributed by atoms with van der Waals surface area (Å²) in [5, 5.41) is 18.2. The molecule has 9 heteroatoms. The number of amides is 3. The van der Waals surface area contributed by atoms with E-state index in [0.717, 1.165) is 11.1 Å². The lowest BCUT2D eigenvalue weighted by molar-refractivity contribution is -0.158. The lowest BCUT2D eigenvalue weighted by Crippen LogP contribution is -2.54. The van der Waals surface area contributed by atoms with Crippen LogP contribution in [0.15, 0.2) is 66.7 Å². The van der Waals surface area contributed by atoms with Gasteiger partial charge in [-0.2, -0.15) is 5.26 Å². The third kappa shape index (κ3) is 9.09. The van der Waals surface area contributed by atoms with Gasteiger partial charge >= 0.3 is 5.97 Å². The minimum Gasteiger partial charge on any atom is -0.444 e. The summed E-state index contributed by atoms with van der Waals surface area (Å²) >= 11 is 0. The van der Waals surface area contributed by atoms with Crippen LogP contribution in [0.3, 0.4) is 0 Å². The van der Waals surface area contributed by atoms with Crippen LogP contribution in [-0.2, 0) is 30.3 Å². The van der Waals surface area contributed by atoms with Crippen molar-refractivity contribution in [2.24, 2.45) is 11.3 Å². The highest BCUT2D eigenvalue weighted by atomic mass is 16.5. The lowest BCUT2D eigenvalue weighted by atomic mass is 9.93. The molecule has 210 valence electrons. The Balaban J connectivity index is 1.82. The monoisotopic (exact) mass is 544 g/mol. The fourth-order valence-electron chi connectivity index (χ4n) is 4.22. The summed E-state index contributed by atoms with van der Waals surface area (Å²) in [5.74, 6) is -2.26. The van der Waals surface area contributed by atoms with E-state index in [-0.39, 0.29) is 18.7 Å². The van der Waals surface area contributed by atoms with Gasteiger partial charge in [-0.05, 0) is 50.8 Å². The molecule has 9 nitrogen and oxygen atoms in total. The lowest BCUT2D eigenvalue weighted by Gasteiger charge is -2.29. The molecule has 2 aromatic carbocycles. The number of carbonyl (C=O) groups excluding carboxylic acids is 4. The summed E-state index contributed by atoms with van der Waals surface area (Å²) in [6, 6.07) is 18.5. The van der Waals surface area contributed by atoms with Gasteiger partial charge in [0.2, 0.25) is 23.8 Å². The van der Waals surface area contributed by atoms with Gasteiger partial charge in [-0.3, -0.25) is 19.2 Å². The van der Waals surface area contributed by atoms with E-state index in [1.807, 2.05) is 66.7 Å². The van der Waals surface area contributed by atoms with Crippen LogP contribution in [0.1, 0.15) is 44.7 Å². The maximum Gasteiger partial charge on any atom is 0.312 e. The molecular weight excluding hydrogens is 508 g/mol. The summed E-state index contributed by atoms with van der Waals surface area (Å²) in [6.45, 7) is 5.48. The number of nitriles is 1. The fraction of sp³-hybridized carbons (Fsp3) is 0.387. The number of nitrogens with zero attached hydrogens (tertiary/aromatic N) is 1. The van der Waals surface area contributed by atoms with Crippen molar-refractivity contribution in [1.82, 2.24) is 16.0 Å². The van der Waals surface area contributed by atoms with Crippen LogP contribution in [0.5, 0.6) is 0 Å². The van der Waals surface area contributed by atoms with E-state index in [4.69, 9.17) is 4.74 Å². The van der Waals surface area contributed by atoms with Crippen LogP contribution >= 0.6 is 0 Å². The third-order valence-corrected chi connectivity index (χ3v) is 6.51. The first-order valence-electron chi connectivity index (χ1n) is 13.3. The first-order valence-corrected chi connectivity index (χ1v) is 13.3. The highest BCUT2D eigenvalue weighted by molar-refractivity contribution is 5.95. The van der Waals surface area contributed by atoms with Gasteiger partial charge in [0.05, 0.1) is 11.5 Å². The molecule has 3 amide bonds. The van der Waals surface area contributed by atoms with Crippen molar-refractivity contribution in [3.63, 3.8) is 0 Å². The Morgan fingerprint density at radius 1 is 1.07 bits per heavy atom. The maximum atomic E-state index is 13.6. The number of hydrogen-bond acceptors (Lipinski definition) is 6. The van der Waals surface area contributed by atoms with Gasteiger partial charge in [0.15, 0.2) is 0 Å². The Morgan fingerprint density at radius 2 is 1.73 bits per heavy atom. The molecule has 1 saturated heterocycles. The van der Waals surface area contributed by atoms with E-state index < -0.39 is 47.3 Å². The van der Waals surface area contributed by atoms with E-state index in [1.54, 1.807) is 26.8 Å². The second-order valence-corrected chi connectivity index (χ2v) is 10.8.